The van der Waals surface area contributed by atoms with Gasteiger partial charge in [-0.2, -0.15) is 0 Å². The van der Waals surface area contributed by atoms with Gasteiger partial charge < -0.3 is 18.9 Å². The maximum atomic E-state index is 11.9. The zero-order valence-corrected chi connectivity index (χ0v) is 15.5. The van der Waals surface area contributed by atoms with Crippen LogP contribution in [0.15, 0.2) is 29.1 Å². The van der Waals surface area contributed by atoms with Crippen molar-refractivity contribution >= 4 is 18.1 Å². The first-order valence-electron chi connectivity index (χ1n) is 7.64. The van der Waals surface area contributed by atoms with E-state index >= 15 is 0 Å². The first-order chi connectivity index (χ1) is 11.9. The molecule has 134 valence electrons. The van der Waals surface area contributed by atoms with Crippen molar-refractivity contribution in [1.29, 1.82) is 0 Å². The van der Waals surface area contributed by atoms with Gasteiger partial charge in [-0.05, 0) is 24.4 Å². The normalized spacial score (nSPS) is 10.4. The van der Waals surface area contributed by atoms with Gasteiger partial charge in [0.25, 0.3) is 5.56 Å². The second-order valence-corrected chi connectivity index (χ2v) is 5.97. The summed E-state index contributed by atoms with van der Waals surface area (Å²) in [6.07, 6.45) is 0.263. The summed E-state index contributed by atoms with van der Waals surface area (Å²) in [6.45, 7) is 0.344. The lowest BCUT2D eigenvalue weighted by molar-refractivity contribution is -0.128. The second kappa shape index (κ2) is 7.98. The van der Waals surface area contributed by atoms with Crippen molar-refractivity contribution < 1.29 is 14.3 Å². The molecule has 0 fully saturated rings. The van der Waals surface area contributed by atoms with Crippen LogP contribution >= 0.6 is 12.2 Å². The van der Waals surface area contributed by atoms with Crippen molar-refractivity contribution in [2.75, 3.05) is 28.3 Å². The van der Waals surface area contributed by atoms with Gasteiger partial charge in [0.05, 0.1) is 19.9 Å². The first kappa shape index (κ1) is 18.7. The summed E-state index contributed by atoms with van der Waals surface area (Å²) in [4.78, 5) is 28.0. The van der Waals surface area contributed by atoms with Gasteiger partial charge in [-0.15, -0.1) is 0 Å². The number of carbonyl (C=O) groups is 1. The topological polar surface area (TPSA) is 76.6 Å². The predicted molar refractivity (Wildman–Crippen MR) is 97.7 cm³/mol. The molecule has 2 aromatic rings. The number of hydrogen-bond donors (Lipinski definition) is 1. The molecule has 1 aromatic heterocycles. The van der Waals surface area contributed by atoms with Gasteiger partial charge in [0, 0.05) is 44.8 Å². The number of H-pyrrole nitrogens is 1. The van der Waals surface area contributed by atoms with Crippen molar-refractivity contribution in [3.8, 4) is 22.8 Å². The molecule has 0 saturated heterocycles. The first-order valence-corrected chi connectivity index (χ1v) is 8.05. The fourth-order valence-electron chi connectivity index (χ4n) is 2.41. The smallest absolute Gasteiger partial charge is 0.252 e. The Hall–Kier alpha value is -2.61. The van der Waals surface area contributed by atoms with Crippen LogP contribution in [0.25, 0.3) is 11.3 Å². The molecule has 0 unspecified atom stereocenters. The van der Waals surface area contributed by atoms with E-state index in [9.17, 15) is 9.59 Å². The lowest BCUT2D eigenvalue weighted by Gasteiger charge is -2.17. The molecule has 0 aliphatic heterocycles. The van der Waals surface area contributed by atoms with Gasteiger partial charge in [0.15, 0.2) is 4.77 Å². The minimum absolute atomic E-state index is 0.0271. The monoisotopic (exact) mass is 363 g/mol. The third-order valence-electron chi connectivity index (χ3n) is 3.77. The van der Waals surface area contributed by atoms with Crippen molar-refractivity contribution in [3.05, 3.63) is 39.4 Å². The van der Waals surface area contributed by atoms with Gasteiger partial charge in [-0.25, -0.2) is 0 Å². The van der Waals surface area contributed by atoms with Crippen LogP contribution in [0.3, 0.4) is 0 Å². The highest BCUT2D eigenvalue weighted by atomic mass is 32.1. The molecule has 0 bridgehead atoms. The number of ether oxygens (including phenoxy) is 2. The molecule has 2 rings (SSSR count). The highest BCUT2D eigenvalue weighted by Gasteiger charge is 2.14. The zero-order chi connectivity index (χ0) is 18.6. The number of rotatable bonds is 6. The highest BCUT2D eigenvalue weighted by molar-refractivity contribution is 7.71. The Morgan fingerprint density at radius 1 is 1.24 bits per heavy atom. The quantitative estimate of drug-likeness (QED) is 0.795. The fraction of sp³-hybridized carbons (Fsp3) is 0.353. The van der Waals surface area contributed by atoms with Gasteiger partial charge in [0.1, 0.15) is 11.5 Å². The summed E-state index contributed by atoms with van der Waals surface area (Å²) in [6, 6.07) is 6.75. The molecule has 1 aromatic carbocycles. The van der Waals surface area contributed by atoms with E-state index < -0.39 is 0 Å². The largest absolute Gasteiger partial charge is 0.497 e. The van der Waals surface area contributed by atoms with Crippen molar-refractivity contribution in [3.63, 3.8) is 0 Å². The van der Waals surface area contributed by atoms with Gasteiger partial charge >= 0.3 is 0 Å². The SMILES string of the molecule is COc1ccc(-c2cc(=O)[nH]c(=S)n2CCC(=O)N(C)C)c(OC)c1. The lowest BCUT2D eigenvalue weighted by Crippen LogP contribution is -2.24. The van der Waals surface area contributed by atoms with E-state index in [4.69, 9.17) is 21.7 Å². The molecule has 7 nitrogen and oxygen atoms in total. The lowest BCUT2D eigenvalue weighted by atomic mass is 10.1. The standard InChI is InChI=1S/C17H21N3O4S/c1-19(2)16(22)7-8-20-13(10-15(21)18-17(20)25)12-6-5-11(23-3)9-14(12)24-4/h5-6,9-10H,7-8H2,1-4H3,(H,18,21,25). The van der Waals surface area contributed by atoms with E-state index in [1.54, 1.807) is 51.1 Å². The molecule has 25 heavy (non-hydrogen) atoms. The van der Waals surface area contributed by atoms with Gasteiger partial charge in [-0.1, -0.05) is 0 Å². The minimum Gasteiger partial charge on any atom is -0.497 e. The van der Waals surface area contributed by atoms with Crippen LogP contribution in [-0.4, -0.2) is 48.7 Å². The number of methoxy groups -OCH3 is 2. The average Bonchev–Trinajstić information content (AvgIpc) is 2.59. The molecule has 8 heteroatoms. The van der Waals surface area contributed by atoms with Crippen LogP contribution in [0.2, 0.25) is 0 Å². The molecule has 0 radical (unpaired) electrons. The summed E-state index contributed by atoms with van der Waals surface area (Å²) in [5, 5.41) is 0. The van der Waals surface area contributed by atoms with Crippen LogP contribution < -0.4 is 15.0 Å². The van der Waals surface area contributed by atoms with Crippen LogP contribution in [0.1, 0.15) is 6.42 Å². The van der Waals surface area contributed by atoms with Crippen LogP contribution in [0.4, 0.5) is 0 Å². The number of nitrogens with one attached hydrogen (secondary N) is 1. The number of amides is 1. The van der Waals surface area contributed by atoms with E-state index in [1.807, 2.05) is 0 Å². The summed E-state index contributed by atoms with van der Waals surface area (Å²) in [5.41, 5.74) is 0.964. The van der Waals surface area contributed by atoms with Gasteiger partial charge in [-0.3, -0.25) is 14.6 Å². The molecule has 1 heterocycles. The molecular formula is C17H21N3O4S. The second-order valence-electron chi connectivity index (χ2n) is 5.58. The third kappa shape index (κ3) is 4.27. The number of aromatic nitrogens is 2. The van der Waals surface area contributed by atoms with E-state index in [0.717, 1.165) is 0 Å². The Balaban J connectivity index is 2.55. The number of benzene rings is 1. The molecule has 0 atom stereocenters. The highest BCUT2D eigenvalue weighted by Crippen LogP contribution is 2.32. The maximum Gasteiger partial charge on any atom is 0.252 e. The Labute approximate surface area is 150 Å². The molecule has 1 N–H and O–H groups in total. The molecule has 1 amide bonds. The summed E-state index contributed by atoms with van der Waals surface area (Å²) in [5.74, 6) is 1.16. The zero-order valence-electron chi connectivity index (χ0n) is 14.7. The number of carbonyl (C=O) groups excluding carboxylic acids is 1. The predicted octanol–water partition coefficient (Wildman–Crippen LogP) is 2.07. The fourth-order valence-corrected chi connectivity index (χ4v) is 2.70. The van der Waals surface area contributed by atoms with Gasteiger partial charge in [0.2, 0.25) is 5.91 Å². The van der Waals surface area contributed by atoms with Crippen molar-refractivity contribution in [2.45, 2.75) is 13.0 Å². The van der Waals surface area contributed by atoms with E-state index in [0.29, 0.717) is 29.3 Å². The Morgan fingerprint density at radius 3 is 2.56 bits per heavy atom. The Bertz CT molecular complexity index is 886. The summed E-state index contributed by atoms with van der Waals surface area (Å²) >= 11 is 5.29. The Morgan fingerprint density at radius 2 is 1.96 bits per heavy atom. The summed E-state index contributed by atoms with van der Waals surface area (Å²) < 4.78 is 12.6. The third-order valence-corrected chi connectivity index (χ3v) is 4.09. The molecule has 0 spiro atoms. The van der Waals surface area contributed by atoms with Crippen LogP contribution in [-0.2, 0) is 11.3 Å². The van der Waals surface area contributed by atoms with Crippen molar-refractivity contribution in [2.24, 2.45) is 0 Å². The minimum atomic E-state index is -0.312. The number of hydrogen-bond acceptors (Lipinski definition) is 5. The molecular weight excluding hydrogens is 342 g/mol. The van der Waals surface area contributed by atoms with E-state index in [1.165, 1.54) is 11.0 Å². The average molecular weight is 363 g/mol. The van der Waals surface area contributed by atoms with E-state index in [2.05, 4.69) is 4.98 Å². The Kier molecular flexibility index (Phi) is 5.97. The maximum absolute atomic E-state index is 11.9. The molecule has 0 aliphatic carbocycles. The number of nitrogens with zero attached hydrogens (tertiary/aromatic N) is 2. The van der Waals surface area contributed by atoms with Crippen molar-refractivity contribution in [1.82, 2.24) is 14.5 Å². The number of aromatic amines is 1. The molecule has 0 saturated carbocycles. The van der Waals surface area contributed by atoms with E-state index in [-0.39, 0.29) is 22.7 Å². The summed E-state index contributed by atoms with van der Waals surface area (Å²) in [7, 11) is 6.50. The molecule has 0 aliphatic rings. The van der Waals surface area contributed by atoms with Crippen LogP contribution in [0, 0.1) is 4.77 Å². The van der Waals surface area contributed by atoms with Crippen LogP contribution in [0.5, 0.6) is 11.5 Å².